The molecule has 0 fully saturated rings. The van der Waals surface area contributed by atoms with Crippen LogP contribution in [0.5, 0.6) is 0 Å². The highest BCUT2D eigenvalue weighted by Gasteiger charge is 2.09. The van der Waals surface area contributed by atoms with E-state index in [1.54, 1.807) is 6.20 Å². The monoisotopic (exact) mass is 341 g/mol. The van der Waals surface area contributed by atoms with Crippen LogP contribution in [-0.4, -0.2) is 48.5 Å². The number of likely N-dealkylation sites (N-methyl/N-ethyl adjacent to an activating group) is 1. The lowest BCUT2D eigenvalue weighted by molar-refractivity contribution is -0.109. The SMILES string of the molecule is CN(C)CCNC=O.Cc1cc(N)cc(-c2nc3ncccc3o2)c1. The Morgan fingerprint density at radius 2 is 2.12 bits per heavy atom. The Balaban J connectivity index is 0.000000242. The maximum absolute atomic E-state index is 9.66. The topological polar surface area (TPSA) is 97.3 Å². The second kappa shape index (κ2) is 8.79. The van der Waals surface area contributed by atoms with E-state index in [0.717, 1.165) is 24.2 Å². The van der Waals surface area contributed by atoms with Gasteiger partial charge in [-0.2, -0.15) is 4.98 Å². The number of rotatable bonds is 5. The Kier molecular flexibility index (Phi) is 6.47. The van der Waals surface area contributed by atoms with Crippen molar-refractivity contribution in [1.82, 2.24) is 20.2 Å². The van der Waals surface area contributed by atoms with Gasteiger partial charge in [0, 0.05) is 30.5 Å². The van der Waals surface area contributed by atoms with Crippen LogP contribution in [0.25, 0.3) is 22.7 Å². The molecular formula is C18H23N5O2. The molecule has 0 aliphatic heterocycles. The van der Waals surface area contributed by atoms with Gasteiger partial charge in [-0.05, 0) is 56.9 Å². The summed E-state index contributed by atoms with van der Waals surface area (Å²) < 4.78 is 5.63. The first kappa shape index (κ1) is 18.4. The molecule has 3 aromatic rings. The number of oxazole rings is 1. The van der Waals surface area contributed by atoms with Crippen molar-refractivity contribution in [2.24, 2.45) is 0 Å². The van der Waals surface area contributed by atoms with Crippen LogP contribution in [0.2, 0.25) is 0 Å². The van der Waals surface area contributed by atoms with Crippen molar-refractivity contribution in [3.63, 3.8) is 0 Å². The number of benzene rings is 1. The zero-order valence-corrected chi connectivity index (χ0v) is 14.7. The molecule has 0 bridgehead atoms. The fourth-order valence-corrected chi connectivity index (χ4v) is 2.18. The number of anilines is 1. The van der Waals surface area contributed by atoms with Crippen molar-refractivity contribution >= 4 is 23.3 Å². The number of aryl methyl sites for hydroxylation is 1. The van der Waals surface area contributed by atoms with E-state index in [1.807, 2.05) is 56.3 Å². The average Bonchev–Trinajstić information content (AvgIpc) is 2.99. The molecule has 1 aromatic carbocycles. The molecule has 7 nitrogen and oxygen atoms in total. The molecule has 0 atom stereocenters. The molecule has 1 amide bonds. The molecule has 0 aliphatic carbocycles. The smallest absolute Gasteiger partial charge is 0.228 e. The lowest BCUT2D eigenvalue weighted by Crippen LogP contribution is -2.25. The molecular weight excluding hydrogens is 318 g/mol. The molecule has 0 saturated heterocycles. The number of pyridine rings is 1. The number of fused-ring (bicyclic) bond motifs is 1. The van der Waals surface area contributed by atoms with Crippen molar-refractivity contribution in [3.05, 3.63) is 42.1 Å². The van der Waals surface area contributed by atoms with Crippen LogP contribution in [0.4, 0.5) is 5.69 Å². The molecule has 2 aromatic heterocycles. The van der Waals surface area contributed by atoms with Crippen LogP contribution in [-0.2, 0) is 4.79 Å². The standard InChI is InChI=1S/C13H11N3O.C5H12N2O/c1-8-5-9(7-10(14)6-8)13-16-12-11(17-13)3-2-4-15-12;1-7(2)4-3-6-5-8/h2-7H,14H2,1H3;5H,3-4H2,1-2H3,(H,6,8). The van der Waals surface area contributed by atoms with Gasteiger partial charge in [-0.15, -0.1) is 0 Å². The number of carbonyl (C=O) groups excluding carboxylic acids is 1. The van der Waals surface area contributed by atoms with Gasteiger partial charge in [-0.25, -0.2) is 4.98 Å². The number of nitrogens with zero attached hydrogens (tertiary/aromatic N) is 3. The van der Waals surface area contributed by atoms with Gasteiger partial charge in [0.05, 0.1) is 0 Å². The van der Waals surface area contributed by atoms with Gasteiger partial charge in [0.25, 0.3) is 0 Å². The number of aromatic nitrogens is 2. The maximum atomic E-state index is 9.66. The van der Waals surface area contributed by atoms with Gasteiger partial charge in [-0.1, -0.05) is 0 Å². The Labute approximate surface area is 146 Å². The van der Waals surface area contributed by atoms with E-state index in [-0.39, 0.29) is 0 Å². The Bertz CT molecular complexity index is 776. The van der Waals surface area contributed by atoms with Gasteiger partial charge >= 0.3 is 0 Å². The van der Waals surface area contributed by atoms with Crippen molar-refractivity contribution in [2.75, 3.05) is 32.9 Å². The second-order valence-corrected chi connectivity index (χ2v) is 5.85. The number of carbonyl (C=O) groups is 1. The highest BCUT2D eigenvalue weighted by atomic mass is 16.3. The quantitative estimate of drug-likeness (QED) is 0.419. The van der Waals surface area contributed by atoms with Gasteiger partial charge in [0.1, 0.15) is 0 Å². The molecule has 3 N–H and O–H groups in total. The van der Waals surface area contributed by atoms with Crippen LogP contribution in [0.3, 0.4) is 0 Å². The number of nitrogen functional groups attached to an aromatic ring is 1. The van der Waals surface area contributed by atoms with E-state index in [1.165, 1.54) is 0 Å². The van der Waals surface area contributed by atoms with Gasteiger partial charge < -0.3 is 20.4 Å². The highest BCUT2D eigenvalue weighted by molar-refractivity contribution is 5.73. The second-order valence-electron chi connectivity index (χ2n) is 5.85. The fourth-order valence-electron chi connectivity index (χ4n) is 2.18. The van der Waals surface area contributed by atoms with Gasteiger partial charge in [-0.3, -0.25) is 4.79 Å². The predicted molar refractivity (Wildman–Crippen MR) is 99.0 cm³/mol. The molecule has 0 aliphatic rings. The van der Waals surface area contributed by atoms with Gasteiger partial charge in [0.2, 0.25) is 12.3 Å². The van der Waals surface area contributed by atoms with Gasteiger partial charge in [0.15, 0.2) is 11.2 Å². The van der Waals surface area contributed by atoms with Crippen LogP contribution >= 0.6 is 0 Å². The molecule has 0 radical (unpaired) electrons. The number of amides is 1. The maximum Gasteiger partial charge on any atom is 0.228 e. The summed E-state index contributed by atoms with van der Waals surface area (Å²) >= 11 is 0. The number of nitrogens with two attached hydrogens (primary N) is 1. The predicted octanol–water partition coefficient (Wildman–Crippen LogP) is 2.07. The summed E-state index contributed by atoms with van der Waals surface area (Å²) in [6.45, 7) is 3.62. The van der Waals surface area contributed by atoms with E-state index in [0.29, 0.717) is 29.2 Å². The number of hydrogen-bond donors (Lipinski definition) is 2. The summed E-state index contributed by atoms with van der Waals surface area (Å²) in [5.74, 6) is 0.550. The van der Waals surface area contributed by atoms with E-state index in [9.17, 15) is 4.79 Å². The van der Waals surface area contributed by atoms with Crippen LogP contribution in [0.1, 0.15) is 5.56 Å². The molecule has 2 heterocycles. The molecule has 0 unspecified atom stereocenters. The molecule has 132 valence electrons. The Hall–Kier alpha value is -2.93. The summed E-state index contributed by atoms with van der Waals surface area (Å²) in [4.78, 5) is 20.1. The minimum absolute atomic E-state index is 0.550. The lowest BCUT2D eigenvalue weighted by Gasteiger charge is -2.06. The summed E-state index contributed by atoms with van der Waals surface area (Å²) in [5, 5.41) is 2.56. The third-order valence-corrected chi connectivity index (χ3v) is 3.30. The highest BCUT2D eigenvalue weighted by Crippen LogP contribution is 2.25. The zero-order chi connectivity index (χ0) is 18.2. The average molecular weight is 341 g/mol. The first-order valence-corrected chi connectivity index (χ1v) is 7.90. The largest absolute Gasteiger partial charge is 0.434 e. The summed E-state index contributed by atoms with van der Waals surface area (Å²) in [6.07, 6.45) is 2.41. The van der Waals surface area contributed by atoms with Crippen LogP contribution < -0.4 is 11.1 Å². The molecule has 0 saturated carbocycles. The molecule has 7 heteroatoms. The minimum atomic E-state index is 0.550. The lowest BCUT2D eigenvalue weighted by atomic mass is 10.1. The van der Waals surface area contributed by atoms with Crippen molar-refractivity contribution in [1.29, 1.82) is 0 Å². The normalized spacial score (nSPS) is 10.4. The van der Waals surface area contributed by atoms with Crippen LogP contribution in [0, 0.1) is 6.92 Å². The van der Waals surface area contributed by atoms with Crippen molar-refractivity contribution < 1.29 is 9.21 Å². The Morgan fingerprint density at radius 3 is 2.76 bits per heavy atom. The summed E-state index contributed by atoms with van der Waals surface area (Å²) in [7, 11) is 3.93. The third-order valence-electron chi connectivity index (χ3n) is 3.30. The molecule has 0 spiro atoms. The van der Waals surface area contributed by atoms with E-state index in [4.69, 9.17) is 10.2 Å². The molecule has 3 rings (SSSR count). The summed E-state index contributed by atoms with van der Waals surface area (Å²) in [6, 6.07) is 9.41. The summed E-state index contributed by atoms with van der Waals surface area (Å²) in [5.41, 5.74) is 9.76. The number of nitrogens with one attached hydrogen (secondary N) is 1. The van der Waals surface area contributed by atoms with Crippen molar-refractivity contribution in [3.8, 4) is 11.5 Å². The first-order chi connectivity index (χ1) is 12.0. The minimum Gasteiger partial charge on any atom is -0.434 e. The Morgan fingerprint density at radius 1 is 1.32 bits per heavy atom. The van der Waals surface area contributed by atoms with Crippen LogP contribution in [0.15, 0.2) is 40.9 Å². The first-order valence-electron chi connectivity index (χ1n) is 7.90. The fraction of sp³-hybridized carbons (Fsp3) is 0.278. The molecule has 25 heavy (non-hydrogen) atoms. The van der Waals surface area contributed by atoms with E-state index < -0.39 is 0 Å². The number of hydrogen-bond acceptors (Lipinski definition) is 6. The third kappa shape index (κ3) is 5.58. The van der Waals surface area contributed by atoms with E-state index >= 15 is 0 Å². The van der Waals surface area contributed by atoms with Crippen molar-refractivity contribution in [2.45, 2.75) is 6.92 Å². The van der Waals surface area contributed by atoms with E-state index in [2.05, 4.69) is 15.3 Å². The zero-order valence-electron chi connectivity index (χ0n) is 14.7.